The number of benzene rings is 3. The van der Waals surface area contributed by atoms with E-state index in [0.717, 1.165) is 15.6 Å². The highest BCUT2D eigenvalue weighted by atomic mass is 79.9. The molecule has 0 fully saturated rings. The van der Waals surface area contributed by atoms with Crippen molar-refractivity contribution in [2.75, 3.05) is 0 Å². The van der Waals surface area contributed by atoms with E-state index in [1.807, 2.05) is 54.6 Å². The summed E-state index contributed by atoms with van der Waals surface area (Å²) in [7, 11) is 0. The standard InChI is InChI=1S/C28H22BrN3O3/c29-24-8-4-5-9-26(24)35-23-12-10-20(11-13-23)18-25(32-27(33)22-6-2-1-3-7-22)28(34)31-19-21-14-16-30-17-15-21/h1-18H,19H2,(H,31,34)(H,32,33)/b25-18+. The smallest absolute Gasteiger partial charge is 0.268 e. The van der Waals surface area contributed by atoms with E-state index >= 15 is 0 Å². The number of carbonyl (C=O) groups is 2. The first-order valence-corrected chi connectivity index (χ1v) is 11.7. The number of hydrogen-bond donors (Lipinski definition) is 2. The molecule has 0 bridgehead atoms. The van der Waals surface area contributed by atoms with Crippen LogP contribution in [0.4, 0.5) is 0 Å². The second-order valence-electron chi connectivity index (χ2n) is 7.52. The normalized spacial score (nSPS) is 10.9. The van der Waals surface area contributed by atoms with E-state index in [4.69, 9.17) is 4.74 Å². The fourth-order valence-electron chi connectivity index (χ4n) is 3.17. The van der Waals surface area contributed by atoms with Crippen molar-refractivity contribution >= 4 is 33.8 Å². The van der Waals surface area contributed by atoms with Gasteiger partial charge >= 0.3 is 0 Å². The average molecular weight is 528 g/mol. The van der Waals surface area contributed by atoms with Gasteiger partial charge in [0.25, 0.3) is 11.8 Å². The van der Waals surface area contributed by atoms with Crippen molar-refractivity contribution in [3.05, 3.63) is 130 Å². The van der Waals surface area contributed by atoms with Gasteiger partial charge in [-0.2, -0.15) is 0 Å². The zero-order chi connectivity index (χ0) is 24.5. The lowest BCUT2D eigenvalue weighted by molar-refractivity contribution is -0.117. The van der Waals surface area contributed by atoms with Crippen LogP contribution in [0.3, 0.4) is 0 Å². The number of ether oxygens (including phenoxy) is 1. The molecule has 0 saturated carbocycles. The molecule has 0 aliphatic rings. The lowest BCUT2D eigenvalue weighted by Crippen LogP contribution is -2.34. The van der Waals surface area contributed by atoms with E-state index in [1.165, 1.54) is 0 Å². The van der Waals surface area contributed by atoms with Crippen LogP contribution in [-0.2, 0) is 11.3 Å². The summed E-state index contributed by atoms with van der Waals surface area (Å²) in [4.78, 5) is 29.7. The zero-order valence-electron chi connectivity index (χ0n) is 18.6. The Kier molecular flexibility index (Phi) is 8.04. The SMILES string of the molecule is O=C(NCc1ccncc1)/C(=C\c1ccc(Oc2ccccc2Br)cc1)NC(=O)c1ccccc1. The fourth-order valence-corrected chi connectivity index (χ4v) is 3.54. The van der Waals surface area contributed by atoms with Gasteiger partial charge in [-0.3, -0.25) is 14.6 Å². The fraction of sp³-hybridized carbons (Fsp3) is 0.0357. The van der Waals surface area contributed by atoms with Crippen LogP contribution in [0, 0.1) is 0 Å². The number of para-hydroxylation sites is 1. The van der Waals surface area contributed by atoms with Crippen molar-refractivity contribution in [1.29, 1.82) is 0 Å². The molecule has 0 radical (unpaired) electrons. The number of nitrogens with zero attached hydrogens (tertiary/aromatic N) is 1. The largest absolute Gasteiger partial charge is 0.456 e. The molecule has 1 heterocycles. The molecular weight excluding hydrogens is 506 g/mol. The van der Waals surface area contributed by atoms with Crippen LogP contribution in [0.2, 0.25) is 0 Å². The minimum Gasteiger partial charge on any atom is -0.456 e. The second-order valence-corrected chi connectivity index (χ2v) is 8.37. The molecule has 2 amide bonds. The first-order valence-electron chi connectivity index (χ1n) is 10.9. The Bertz CT molecular complexity index is 1320. The van der Waals surface area contributed by atoms with Gasteiger partial charge in [0.1, 0.15) is 17.2 Å². The highest BCUT2D eigenvalue weighted by Crippen LogP contribution is 2.29. The van der Waals surface area contributed by atoms with Gasteiger partial charge in [0.15, 0.2) is 0 Å². The Morgan fingerprint density at radius 3 is 2.26 bits per heavy atom. The number of rotatable bonds is 8. The van der Waals surface area contributed by atoms with Crippen LogP contribution in [-0.4, -0.2) is 16.8 Å². The van der Waals surface area contributed by atoms with Crippen LogP contribution >= 0.6 is 15.9 Å². The molecule has 0 unspecified atom stereocenters. The molecule has 174 valence electrons. The van der Waals surface area contributed by atoms with Crippen molar-refractivity contribution < 1.29 is 14.3 Å². The molecule has 4 aromatic rings. The summed E-state index contributed by atoms with van der Waals surface area (Å²) in [5.41, 5.74) is 2.22. The molecule has 3 aromatic carbocycles. The Morgan fingerprint density at radius 2 is 1.54 bits per heavy atom. The second kappa shape index (κ2) is 11.8. The van der Waals surface area contributed by atoms with E-state index in [9.17, 15) is 9.59 Å². The molecule has 6 nitrogen and oxygen atoms in total. The maximum atomic E-state index is 13.0. The number of nitrogens with one attached hydrogen (secondary N) is 2. The van der Waals surface area contributed by atoms with Crippen LogP contribution in [0.25, 0.3) is 6.08 Å². The van der Waals surface area contributed by atoms with Crippen molar-refractivity contribution in [2.24, 2.45) is 0 Å². The summed E-state index contributed by atoms with van der Waals surface area (Å²) in [6, 6.07) is 27.2. The average Bonchev–Trinajstić information content (AvgIpc) is 2.90. The Balaban J connectivity index is 1.53. The number of halogens is 1. The lowest BCUT2D eigenvalue weighted by atomic mass is 10.1. The molecule has 4 rings (SSSR count). The minimum atomic E-state index is -0.403. The van der Waals surface area contributed by atoms with Crippen molar-refractivity contribution in [3.63, 3.8) is 0 Å². The summed E-state index contributed by atoms with van der Waals surface area (Å²) in [6.45, 7) is 0.304. The maximum Gasteiger partial charge on any atom is 0.268 e. The zero-order valence-corrected chi connectivity index (χ0v) is 20.2. The van der Waals surface area contributed by atoms with E-state index in [0.29, 0.717) is 23.6 Å². The Hall–Kier alpha value is -4.23. The predicted molar refractivity (Wildman–Crippen MR) is 139 cm³/mol. The van der Waals surface area contributed by atoms with Crippen LogP contribution < -0.4 is 15.4 Å². The first kappa shape index (κ1) is 23.9. The summed E-state index contributed by atoms with van der Waals surface area (Å²) in [5, 5.41) is 5.59. The highest BCUT2D eigenvalue weighted by molar-refractivity contribution is 9.10. The summed E-state index contributed by atoms with van der Waals surface area (Å²) in [6.07, 6.45) is 4.95. The lowest BCUT2D eigenvalue weighted by Gasteiger charge is -2.12. The molecule has 7 heteroatoms. The van der Waals surface area contributed by atoms with Gasteiger partial charge in [0, 0.05) is 24.5 Å². The van der Waals surface area contributed by atoms with Crippen LogP contribution in [0.5, 0.6) is 11.5 Å². The summed E-state index contributed by atoms with van der Waals surface area (Å²) >= 11 is 3.47. The molecule has 0 aliphatic heterocycles. The summed E-state index contributed by atoms with van der Waals surface area (Å²) < 4.78 is 6.75. The van der Waals surface area contributed by atoms with Gasteiger partial charge in [-0.05, 0) is 81.7 Å². The van der Waals surface area contributed by atoms with E-state index in [2.05, 4.69) is 31.5 Å². The van der Waals surface area contributed by atoms with Gasteiger partial charge in [-0.25, -0.2) is 0 Å². The maximum absolute atomic E-state index is 13.0. The number of aromatic nitrogens is 1. The topological polar surface area (TPSA) is 80.3 Å². The molecular formula is C28H22BrN3O3. The third-order valence-corrected chi connectivity index (χ3v) is 5.64. The molecule has 0 aliphatic carbocycles. The molecule has 0 spiro atoms. The van der Waals surface area contributed by atoms with Crippen LogP contribution in [0.15, 0.2) is 114 Å². The monoisotopic (exact) mass is 527 g/mol. The Labute approximate surface area is 211 Å². The van der Waals surface area contributed by atoms with Gasteiger partial charge in [-0.1, -0.05) is 42.5 Å². The predicted octanol–water partition coefficient (Wildman–Crippen LogP) is 5.72. The highest BCUT2D eigenvalue weighted by Gasteiger charge is 2.14. The third kappa shape index (κ3) is 6.88. The number of pyridine rings is 1. The molecule has 35 heavy (non-hydrogen) atoms. The van der Waals surface area contributed by atoms with Crippen LogP contribution in [0.1, 0.15) is 21.5 Å². The van der Waals surface area contributed by atoms with Gasteiger partial charge in [-0.15, -0.1) is 0 Å². The Morgan fingerprint density at radius 1 is 0.857 bits per heavy atom. The summed E-state index contributed by atoms with van der Waals surface area (Å²) in [5.74, 6) is 0.567. The van der Waals surface area contributed by atoms with Gasteiger partial charge in [0.2, 0.25) is 0 Å². The van der Waals surface area contributed by atoms with E-state index in [1.54, 1.807) is 54.9 Å². The van der Waals surface area contributed by atoms with Crippen molar-refractivity contribution in [2.45, 2.75) is 6.54 Å². The van der Waals surface area contributed by atoms with Crippen molar-refractivity contribution in [3.8, 4) is 11.5 Å². The van der Waals surface area contributed by atoms with Gasteiger partial charge in [0.05, 0.1) is 4.47 Å². The third-order valence-electron chi connectivity index (χ3n) is 4.99. The molecule has 0 atom stereocenters. The van der Waals surface area contributed by atoms with Gasteiger partial charge < -0.3 is 15.4 Å². The quantitative estimate of drug-likeness (QED) is 0.287. The number of hydrogen-bond acceptors (Lipinski definition) is 4. The molecule has 0 saturated heterocycles. The first-order chi connectivity index (χ1) is 17.1. The van der Waals surface area contributed by atoms with E-state index < -0.39 is 5.91 Å². The minimum absolute atomic E-state index is 0.132. The molecule has 1 aromatic heterocycles. The van der Waals surface area contributed by atoms with E-state index in [-0.39, 0.29) is 11.6 Å². The molecule has 2 N–H and O–H groups in total. The number of amides is 2. The number of carbonyl (C=O) groups excluding carboxylic acids is 2. The van der Waals surface area contributed by atoms with Crippen molar-refractivity contribution in [1.82, 2.24) is 15.6 Å².